The number of anilines is 1. The molecule has 1 aliphatic rings. The maximum atomic E-state index is 11.8. The van der Waals surface area contributed by atoms with E-state index in [2.05, 4.69) is 17.2 Å². The van der Waals surface area contributed by atoms with Crippen molar-refractivity contribution >= 4 is 32.6 Å². The van der Waals surface area contributed by atoms with Gasteiger partial charge in [-0.1, -0.05) is 30.4 Å². The molecule has 0 saturated heterocycles. The van der Waals surface area contributed by atoms with Gasteiger partial charge in [0, 0.05) is 5.92 Å². The standard InChI is InChI=1S/C13H14N2OS/c1-7-4-3-5-10-11(7)14-13(17-10)15-12(16)9-6-8(9)2/h3-5,8-9H,6H2,1-2H3,(H,14,15,16)/t8-,9+/m1/s1. The van der Waals surface area contributed by atoms with E-state index in [9.17, 15) is 4.79 Å². The van der Waals surface area contributed by atoms with Crippen molar-refractivity contribution in [2.75, 3.05) is 5.32 Å². The minimum atomic E-state index is 0.120. The fourth-order valence-corrected chi connectivity index (χ4v) is 2.97. The zero-order chi connectivity index (χ0) is 12.0. The Kier molecular flexibility index (Phi) is 2.40. The van der Waals surface area contributed by atoms with Gasteiger partial charge in [0.2, 0.25) is 5.91 Å². The normalized spacial score (nSPS) is 22.7. The SMILES string of the molecule is Cc1cccc2sc(NC(=O)[C@H]3C[C@H]3C)nc12. The lowest BCUT2D eigenvalue weighted by atomic mass is 10.2. The molecule has 17 heavy (non-hydrogen) atoms. The van der Waals surface area contributed by atoms with Crippen LogP contribution < -0.4 is 5.32 Å². The van der Waals surface area contributed by atoms with E-state index in [4.69, 9.17) is 0 Å². The Bertz CT molecular complexity index is 590. The Balaban J connectivity index is 1.86. The van der Waals surface area contributed by atoms with Crippen LogP contribution in [0.3, 0.4) is 0 Å². The van der Waals surface area contributed by atoms with Gasteiger partial charge < -0.3 is 5.32 Å². The Labute approximate surface area is 104 Å². The predicted octanol–water partition coefficient (Wildman–Crippen LogP) is 3.20. The van der Waals surface area contributed by atoms with Gasteiger partial charge in [0.25, 0.3) is 0 Å². The van der Waals surface area contributed by atoms with Gasteiger partial charge in [-0.2, -0.15) is 0 Å². The molecule has 3 rings (SSSR count). The molecule has 1 aromatic heterocycles. The number of carbonyl (C=O) groups is 1. The molecule has 0 radical (unpaired) electrons. The van der Waals surface area contributed by atoms with E-state index in [1.807, 2.05) is 25.1 Å². The first kappa shape index (κ1) is 10.7. The minimum absolute atomic E-state index is 0.120. The molecule has 0 bridgehead atoms. The van der Waals surface area contributed by atoms with Gasteiger partial charge in [0.15, 0.2) is 5.13 Å². The molecule has 0 unspecified atom stereocenters. The van der Waals surface area contributed by atoms with E-state index in [0.29, 0.717) is 5.92 Å². The first-order valence-electron chi connectivity index (χ1n) is 5.82. The predicted molar refractivity (Wildman–Crippen MR) is 70.3 cm³/mol. The highest BCUT2D eigenvalue weighted by atomic mass is 32.1. The third-order valence-corrected chi connectivity index (χ3v) is 4.23. The van der Waals surface area contributed by atoms with Crippen LogP contribution >= 0.6 is 11.3 Å². The molecule has 2 aromatic rings. The monoisotopic (exact) mass is 246 g/mol. The van der Waals surface area contributed by atoms with Crippen molar-refractivity contribution in [3.8, 4) is 0 Å². The Morgan fingerprint density at radius 1 is 1.53 bits per heavy atom. The molecule has 1 amide bonds. The number of benzene rings is 1. The van der Waals surface area contributed by atoms with Gasteiger partial charge in [-0.15, -0.1) is 0 Å². The molecule has 3 nitrogen and oxygen atoms in total. The van der Waals surface area contributed by atoms with Crippen LogP contribution in [-0.4, -0.2) is 10.9 Å². The number of carbonyl (C=O) groups excluding carboxylic acids is 1. The number of thiazole rings is 1. The molecule has 88 valence electrons. The van der Waals surface area contributed by atoms with Gasteiger partial charge in [-0.3, -0.25) is 4.79 Å². The second kappa shape index (κ2) is 3.81. The van der Waals surface area contributed by atoms with E-state index >= 15 is 0 Å². The molecule has 1 N–H and O–H groups in total. The number of hydrogen-bond acceptors (Lipinski definition) is 3. The quantitative estimate of drug-likeness (QED) is 0.884. The van der Waals surface area contributed by atoms with Gasteiger partial charge in [0.1, 0.15) is 0 Å². The summed E-state index contributed by atoms with van der Waals surface area (Å²) in [4.78, 5) is 16.3. The van der Waals surface area contributed by atoms with Gasteiger partial charge >= 0.3 is 0 Å². The van der Waals surface area contributed by atoms with Crippen molar-refractivity contribution in [3.05, 3.63) is 23.8 Å². The van der Waals surface area contributed by atoms with Crippen molar-refractivity contribution in [2.24, 2.45) is 11.8 Å². The van der Waals surface area contributed by atoms with Crippen LogP contribution in [-0.2, 0) is 4.79 Å². The molecule has 1 fully saturated rings. The van der Waals surface area contributed by atoms with E-state index in [1.54, 1.807) is 11.3 Å². The fourth-order valence-electron chi connectivity index (χ4n) is 2.03. The van der Waals surface area contributed by atoms with Crippen LogP contribution in [0.5, 0.6) is 0 Å². The summed E-state index contributed by atoms with van der Waals surface area (Å²) >= 11 is 1.54. The highest BCUT2D eigenvalue weighted by molar-refractivity contribution is 7.22. The lowest BCUT2D eigenvalue weighted by Crippen LogP contribution is -2.14. The number of para-hydroxylation sites is 1. The number of nitrogens with zero attached hydrogens (tertiary/aromatic N) is 1. The summed E-state index contributed by atoms with van der Waals surface area (Å²) in [6.07, 6.45) is 1.01. The minimum Gasteiger partial charge on any atom is -0.302 e. The summed E-state index contributed by atoms with van der Waals surface area (Å²) < 4.78 is 1.13. The lowest BCUT2D eigenvalue weighted by Gasteiger charge is -1.98. The highest BCUT2D eigenvalue weighted by Crippen LogP contribution is 2.39. The zero-order valence-electron chi connectivity index (χ0n) is 9.86. The van der Waals surface area contributed by atoms with Gasteiger partial charge in [0.05, 0.1) is 10.2 Å². The first-order valence-corrected chi connectivity index (χ1v) is 6.64. The van der Waals surface area contributed by atoms with Gasteiger partial charge in [-0.25, -0.2) is 4.98 Å². The topological polar surface area (TPSA) is 42.0 Å². The smallest absolute Gasteiger partial charge is 0.229 e. The molecule has 0 spiro atoms. The van der Waals surface area contributed by atoms with Crippen LogP contribution in [0.15, 0.2) is 18.2 Å². The average molecular weight is 246 g/mol. The van der Waals surface area contributed by atoms with Crippen LogP contribution in [0, 0.1) is 18.8 Å². The summed E-state index contributed by atoms with van der Waals surface area (Å²) in [5.74, 6) is 0.850. The van der Waals surface area contributed by atoms with Crippen molar-refractivity contribution in [1.82, 2.24) is 4.98 Å². The number of aryl methyl sites for hydroxylation is 1. The number of rotatable bonds is 2. The second-order valence-corrected chi connectivity index (χ2v) is 5.78. The Morgan fingerprint density at radius 2 is 2.29 bits per heavy atom. The average Bonchev–Trinajstić information content (AvgIpc) is 2.87. The van der Waals surface area contributed by atoms with Crippen molar-refractivity contribution in [2.45, 2.75) is 20.3 Å². The van der Waals surface area contributed by atoms with Crippen molar-refractivity contribution in [3.63, 3.8) is 0 Å². The van der Waals surface area contributed by atoms with Crippen LogP contribution in [0.2, 0.25) is 0 Å². The molecular weight excluding hydrogens is 232 g/mol. The van der Waals surface area contributed by atoms with Crippen LogP contribution in [0.25, 0.3) is 10.2 Å². The molecule has 1 aliphatic carbocycles. The Hall–Kier alpha value is -1.42. The number of amides is 1. The zero-order valence-corrected chi connectivity index (χ0v) is 10.7. The highest BCUT2D eigenvalue weighted by Gasteiger charge is 2.39. The second-order valence-electron chi connectivity index (χ2n) is 4.75. The number of nitrogens with one attached hydrogen (secondary N) is 1. The van der Waals surface area contributed by atoms with Crippen molar-refractivity contribution < 1.29 is 4.79 Å². The summed E-state index contributed by atoms with van der Waals surface area (Å²) in [7, 11) is 0. The molecule has 4 heteroatoms. The summed E-state index contributed by atoms with van der Waals surface area (Å²) in [6, 6.07) is 6.09. The van der Waals surface area contributed by atoms with E-state index in [0.717, 1.165) is 27.3 Å². The van der Waals surface area contributed by atoms with E-state index in [1.165, 1.54) is 0 Å². The number of hydrogen-bond donors (Lipinski definition) is 1. The third-order valence-electron chi connectivity index (χ3n) is 3.30. The largest absolute Gasteiger partial charge is 0.302 e. The van der Waals surface area contributed by atoms with Gasteiger partial charge in [-0.05, 0) is 30.9 Å². The number of fused-ring (bicyclic) bond motifs is 1. The molecule has 1 aromatic carbocycles. The van der Waals surface area contributed by atoms with Crippen molar-refractivity contribution in [1.29, 1.82) is 0 Å². The van der Waals surface area contributed by atoms with E-state index in [-0.39, 0.29) is 11.8 Å². The number of aromatic nitrogens is 1. The molecule has 1 saturated carbocycles. The first-order chi connectivity index (χ1) is 8.15. The van der Waals surface area contributed by atoms with Crippen LogP contribution in [0.4, 0.5) is 5.13 Å². The lowest BCUT2D eigenvalue weighted by molar-refractivity contribution is -0.117. The molecule has 2 atom stereocenters. The summed E-state index contributed by atoms with van der Waals surface area (Å²) in [5, 5.41) is 3.64. The third kappa shape index (κ3) is 1.93. The van der Waals surface area contributed by atoms with Crippen LogP contribution in [0.1, 0.15) is 18.9 Å². The summed E-state index contributed by atoms with van der Waals surface area (Å²) in [5.41, 5.74) is 2.15. The molecular formula is C13H14N2OS. The molecule has 0 aliphatic heterocycles. The maximum Gasteiger partial charge on any atom is 0.229 e. The van der Waals surface area contributed by atoms with E-state index < -0.39 is 0 Å². The Morgan fingerprint density at radius 3 is 2.94 bits per heavy atom. The summed E-state index contributed by atoms with van der Waals surface area (Å²) in [6.45, 7) is 4.14. The maximum absolute atomic E-state index is 11.8. The fraction of sp³-hybridized carbons (Fsp3) is 0.385. The molecule has 1 heterocycles.